The van der Waals surface area contributed by atoms with Crippen LogP contribution in [0.5, 0.6) is 0 Å². The van der Waals surface area contributed by atoms with E-state index in [1.165, 1.54) is 16.7 Å². The standard InChI is InChI=1S/C27H34N6S/c1-19-8-6-10-21(16-19)18-31-12-14-32(15-13-31)26-30-33-24(29-27(3,4)5)23(28-25(33)34-26)22-11-7-9-20(2)17-22/h6-11,16-17,29H,12-15,18H2,1-5H3. The number of nitrogens with zero attached hydrogens (tertiary/aromatic N) is 5. The second kappa shape index (κ2) is 9.04. The van der Waals surface area contributed by atoms with Gasteiger partial charge in [-0.3, -0.25) is 4.90 Å². The van der Waals surface area contributed by atoms with Crippen LogP contribution in [0.1, 0.15) is 37.5 Å². The first-order valence-corrected chi connectivity index (χ1v) is 12.8. The van der Waals surface area contributed by atoms with Gasteiger partial charge in [0.15, 0.2) is 5.82 Å². The lowest BCUT2D eigenvalue weighted by Crippen LogP contribution is -2.46. The summed E-state index contributed by atoms with van der Waals surface area (Å²) in [6.45, 7) is 15.9. The molecular weight excluding hydrogens is 440 g/mol. The summed E-state index contributed by atoms with van der Waals surface area (Å²) >= 11 is 1.68. The molecule has 1 fully saturated rings. The van der Waals surface area contributed by atoms with Crippen LogP contribution in [0.15, 0.2) is 48.5 Å². The zero-order valence-corrected chi connectivity index (χ0v) is 21.6. The Morgan fingerprint density at radius 2 is 1.65 bits per heavy atom. The molecule has 5 rings (SSSR count). The first kappa shape index (κ1) is 22.9. The second-order valence-corrected chi connectivity index (χ2v) is 11.3. The Balaban J connectivity index is 1.37. The highest BCUT2D eigenvalue weighted by atomic mass is 32.1. The van der Waals surface area contributed by atoms with Gasteiger partial charge < -0.3 is 10.2 Å². The summed E-state index contributed by atoms with van der Waals surface area (Å²) in [4.78, 5) is 10.9. The molecule has 3 heterocycles. The smallest absolute Gasteiger partial charge is 0.216 e. The van der Waals surface area contributed by atoms with Crippen molar-refractivity contribution in [2.45, 2.75) is 46.7 Å². The van der Waals surface area contributed by atoms with Gasteiger partial charge in [-0.1, -0.05) is 64.9 Å². The van der Waals surface area contributed by atoms with E-state index in [1.807, 2.05) is 4.52 Å². The molecule has 2 aromatic heterocycles. The van der Waals surface area contributed by atoms with Crippen LogP contribution in [-0.2, 0) is 6.54 Å². The topological polar surface area (TPSA) is 48.7 Å². The summed E-state index contributed by atoms with van der Waals surface area (Å²) in [6, 6.07) is 17.4. The van der Waals surface area contributed by atoms with Gasteiger partial charge >= 0.3 is 0 Å². The van der Waals surface area contributed by atoms with Crippen molar-refractivity contribution in [1.82, 2.24) is 19.5 Å². The average molecular weight is 475 g/mol. The van der Waals surface area contributed by atoms with Gasteiger partial charge in [0.25, 0.3) is 0 Å². The Morgan fingerprint density at radius 3 is 2.32 bits per heavy atom. The SMILES string of the molecule is Cc1cccc(CN2CCN(c3nn4c(NC(C)(C)C)c(-c5cccc(C)c5)nc4s3)CC2)c1. The molecule has 2 aromatic carbocycles. The largest absolute Gasteiger partial charge is 0.364 e. The Hall–Kier alpha value is -2.90. The Bertz CT molecular complexity index is 1290. The van der Waals surface area contributed by atoms with E-state index in [0.29, 0.717) is 0 Å². The normalized spacial score (nSPS) is 15.3. The maximum Gasteiger partial charge on any atom is 0.216 e. The number of aryl methyl sites for hydroxylation is 2. The van der Waals surface area contributed by atoms with Crippen molar-refractivity contribution >= 4 is 27.2 Å². The van der Waals surface area contributed by atoms with Crippen LogP contribution in [0.25, 0.3) is 16.2 Å². The van der Waals surface area contributed by atoms with Gasteiger partial charge in [-0.2, -0.15) is 4.52 Å². The lowest BCUT2D eigenvalue weighted by molar-refractivity contribution is 0.249. The van der Waals surface area contributed by atoms with Gasteiger partial charge in [-0.25, -0.2) is 4.98 Å². The fourth-order valence-corrected chi connectivity index (χ4v) is 5.45. The number of anilines is 2. The highest BCUT2D eigenvalue weighted by Gasteiger charge is 2.25. The molecule has 1 saturated heterocycles. The van der Waals surface area contributed by atoms with Crippen molar-refractivity contribution in [3.05, 3.63) is 65.2 Å². The minimum atomic E-state index is -0.0975. The number of hydrogen-bond acceptors (Lipinski definition) is 6. The van der Waals surface area contributed by atoms with Crippen LogP contribution in [-0.4, -0.2) is 51.2 Å². The lowest BCUT2D eigenvalue weighted by atomic mass is 10.1. The fourth-order valence-electron chi connectivity index (χ4n) is 4.49. The zero-order chi connectivity index (χ0) is 23.9. The van der Waals surface area contributed by atoms with Crippen LogP contribution in [0.2, 0.25) is 0 Å². The van der Waals surface area contributed by atoms with Gasteiger partial charge in [0.05, 0.1) is 0 Å². The third kappa shape index (κ3) is 4.95. The summed E-state index contributed by atoms with van der Waals surface area (Å²) in [7, 11) is 0. The molecule has 6 nitrogen and oxygen atoms in total. The molecular formula is C27H34N6S. The number of nitrogens with one attached hydrogen (secondary N) is 1. The number of imidazole rings is 1. The van der Waals surface area contributed by atoms with E-state index in [2.05, 4.69) is 98.3 Å². The monoisotopic (exact) mass is 474 g/mol. The molecule has 0 saturated carbocycles. The summed E-state index contributed by atoms with van der Waals surface area (Å²) in [5, 5.41) is 9.74. The molecule has 34 heavy (non-hydrogen) atoms. The number of fused-ring (bicyclic) bond motifs is 1. The van der Waals surface area contributed by atoms with Crippen molar-refractivity contribution in [2.75, 3.05) is 36.4 Å². The first-order chi connectivity index (χ1) is 16.2. The Morgan fingerprint density at radius 1 is 0.941 bits per heavy atom. The van der Waals surface area contributed by atoms with Gasteiger partial charge in [-0.05, 0) is 46.2 Å². The molecule has 0 atom stereocenters. The predicted octanol–water partition coefficient (Wildman–Crippen LogP) is 5.61. The summed E-state index contributed by atoms with van der Waals surface area (Å²) in [5.41, 5.74) is 5.94. The van der Waals surface area contributed by atoms with Gasteiger partial charge in [0, 0.05) is 43.8 Å². The van der Waals surface area contributed by atoms with Crippen LogP contribution < -0.4 is 10.2 Å². The van der Waals surface area contributed by atoms with E-state index in [0.717, 1.165) is 59.9 Å². The van der Waals surface area contributed by atoms with E-state index in [4.69, 9.17) is 10.1 Å². The summed E-state index contributed by atoms with van der Waals surface area (Å²) in [6.07, 6.45) is 0. The molecule has 178 valence electrons. The van der Waals surface area contributed by atoms with Crippen LogP contribution in [0.4, 0.5) is 10.9 Å². The van der Waals surface area contributed by atoms with Crippen molar-refractivity contribution in [1.29, 1.82) is 0 Å². The molecule has 0 bridgehead atoms. The van der Waals surface area contributed by atoms with Crippen LogP contribution in [0, 0.1) is 13.8 Å². The van der Waals surface area contributed by atoms with Crippen LogP contribution in [0.3, 0.4) is 0 Å². The van der Waals surface area contributed by atoms with Crippen molar-refractivity contribution in [3.8, 4) is 11.3 Å². The molecule has 4 aromatic rings. The molecule has 0 aliphatic carbocycles. The summed E-state index contributed by atoms with van der Waals surface area (Å²) in [5.74, 6) is 0.966. The Kier molecular flexibility index (Phi) is 6.08. The van der Waals surface area contributed by atoms with Crippen molar-refractivity contribution < 1.29 is 0 Å². The number of rotatable bonds is 5. The van der Waals surface area contributed by atoms with E-state index in [1.54, 1.807) is 11.3 Å². The van der Waals surface area contributed by atoms with E-state index in [9.17, 15) is 0 Å². The number of piperazine rings is 1. The van der Waals surface area contributed by atoms with Gasteiger partial charge in [-0.15, -0.1) is 5.10 Å². The third-order valence-corrected chi connectivity index (χ3v) is 7.08. The number of hydrogen-bond donors (Lipinski definition) is 1. The quantitative estimate of drug-likeness (QED) is 0.408. The molecule has 0 radical (unpaired) electrons. The Labute approximate surface area is 206 Å². The predicted molar refractivity (Wildman–Crippen MR) is 143 cm³/mol. The highest BCUT2D eigenvalue weighted by molar-refractivity contribution is 7.20. The summed E-state index contributed by atoms with van der Waals surface area (Å²) < 4.78 is 2.00. The maximum absolute atomic E-state index is 5.03. The fraction of sp³-hybridized carbons (Fsp3) is 0.407. The first-order valence-electron chi connectivity index (χ1n) is 12.0. The maximum atomic E-state index is 5.03. The molecule has 1 aliphatic heterocycles. The molecule has 1 N–H and O–H groups in total. The lowest BCUT2D eigenvalue weighted by Gasteiger charge is -2.34. The van der Waals surface area contributed by atoms with Crippen LogP contribution >= 0.6 is 11.3 Å². The van der Waals surface area contributed by atoms with E-state index < -0.39 is 0 Å². The zero-order valence-electron chi connectivity index (χ0n) is 20.8. The molecule has 0 spiro atoms. The molecule has 1 aliphatic rings. The molecule has 0 unspecified atom stereocenters. The minimum absolute atomic E-state index is 0.0975. The van der Waals surface area contributed by atoms with Gasteiger partial charge in [0.1, 0.15) is 5.69 Å². The number of benzene rings is 2. The van der Waals surface area contributed by atoms with Gasteiger partial charge in [0.2, 0.25) is 10.1 Å². The van der Waals surface area contributed by atoms with E-state index >= 15 is 0 Å². The number of aromatic nitrogens is 3. The van der Waals surface area contributed by atoms with Crippen molar-refractivity contribution in [3.63, 3.8) is 0 Å². The minimum Gasteiger partial charge on any atom is -0.364 e. The average Bonchev–Trinajstić information content (AvgIpc) is 3.33. The van der Waals surface area contributed by atoms with Crippen molar-refractivity contribution in [2.24, 2.45) is 0 Å². The molecule has 7 heteroatoms. The molecule has 0 amide bonds. The highest BCUT2D eigenvalue weighted by Crippen LogP contribution is 2.35. The van der Waals surface area contributed by atoms with E-state index in [-0.39, 0.29) is 5.54 Å². The third-order valence-electron chi connectivity index (χ3n) is 6.11. The second-order valence-electron chi connectivity index (χ2n) is 10.4.